The largest absolute Gasteiger partial charge is 0.390 e. The van der Waals surface area contributed by atoms with Gasteiger partial charge in [0.2, 0.25) is 0 Å². The smallest absolute Gasteiger partial charge is 0.0862 e. The molecule has 0 aliphatic carbocycles. The monoisotopic (exact) mass is 219 g/mol. The maximum Gasteiger partial charge on any atom is 0.0862 e. The van der Waals surface area contributed by atoms with Crippen LogP contribution in [0.3, 0.4) is 0 Å². The van der Waals surface area contributed by atoms with Crippen LogP contribution < -0.4 is 16.0 Å². The first-order valence-corrected chi connectivity index (χ1v) is 5.24. The Kier molecular flexibility index (Phi) is 4.45. The Morgan fingerprint density at radius 2 is 0.867 bits per heavy atom. The standard InChI is InChI=1S/C9H21N3O3/c1-4(13)7-10-8(5(2)14)12-9(11-7)6(3)15/h4-15H,1-3H3. The van der Waals surface area contributed by atoms with Crippen LogP contribution in [0.15, 0.2) is 0 Å². The van der Waals surface area contributed by atoms with Gasteiger partial charge in [-0.05, 0) is 20.8 Å². The van der Waals surface area contributed by atoms with E-state index in [-0.39, 0.29) is 18.5 Å². The van der Waals surface area contributed by atoms with Crippen LogP contribution in [0, 0.1) is 0 Å². The topological polar surface area (TPSA) is 96.8 Å². The lowest BCUT2D eigenvalue weighted by Gasteiger charge is -2.42. The van der Waals surface area contributed by atoms with Crippen molar-refractivity contribution in [1.82, 2.24) is 16.0 Å². The van der Waals surface area contributed by atoms with Crippen LogP contribution in [0.25, 0.3) is 0 Å². The van der Waals surface area contributed by atoms with Crippen LogP contribution in [0.2, 0.25) is 0 Å². The summed E-state index contributed by atoms with van der Waals surface area (Å²) in [6, 6.07) is 0. The van der Waals surface area contributed by atoms with Crippen molar-refractivity contribution in [2.45, 2.75) is 57.6 Å². The third-order valence-corrected chi connectivity index (χ3v) is 2.52. The number of aliphatic hydroxyl groups excluding tert-OH is 3. The zero-order valence-corrected chi connectivity index (χ0v) is 9.31. The Labute approximate surface area is 89.7 Å². The molecular weight excluding hydrogens is 198 g/mol. The van der Waals surface area contributed by atoms with E-state index in [0.29, 0.717) is 0 Å². The second-order valence-electron chi connectivity index (χ2n) is 4.15. The Balaban J connectivity index is 2.64. The highest BCUT2D eigenvalue weighted by atomic mass is 16.3. The van der Waals surface area contributed by atoms with E-state index in [9.17, 15) is 15.3 Å². The summed E-state index contributed by atoms with van der Waals surface area (Å²) in [6.45, 7) is 4.94. The third-order valence-electron chi connectivity index (χ3n) is 2.52. The first-order chi connectivity index (χ1) is 6.91. The second kappa shape index (κ2) is 5.20. The van der Waals surface area contributed by atoms with Crippen molar-refractivity contribution in [3.63, 3.8) is 0 Å². The second-order valence-corrected chi connectivity index (χ2v) is 4.15. The molecule has 15 heavy (non-hydrogen) atoms. The van der Waals surface area contributed by atoms with Crippen molar-refractivity contribution in [3.8, 4) is 0 Å². The van der Waals surface area contributed by atoms with Gasteiger partial charge in [0, 0.05) is 0 Å². The zero-order chi connectivity index (χ0) is 11.6. The van der Waals surface area contributed by atoms with Crippen LogP contribution in [-0.4, -0.2) is 52.1 Å². The number of aliphatic hydroxyl groups is 3. The summed E-state index contributed by atoms with van der Waals surface area (Å²) in [6.07, 6.45) is -2.83. The Morgan fingerprint density at radius 1 is 0.667 bits per heavy atom. The van der Waals surface area contributed by atoms with E-state index in [1.54, 1.807) is 20.8 Å². The lowest BCUT2D eigenvalue weighted by molar-refractivity contribution is 0.000182. The Hall–Kier alpha value is -0.240. The SMILES string of the molecule is CC(O)C1NC(C(C)O)NC(C(C)O)N1. The number of hydrogen-bond donors (Lipinski definition) is 6. The van der Waals surface area contributed by atoms with Crippen molar-refractivity contribution < 1.29 is 15.3 Å². The van der Waals surface area contributed by atoms with Crippen LogP contribution in [0.5, 0.6) is 0 Å². The molecular formula is C9H21N3O3. The summed E-state index contributed by atoms with van der Waals surface area (Å²) in [5.74, 6) is 0. The summed E-state index contributed by atoms with van der Waals surface area (Å²) >= 11 is 0. The molecule has 6 N–H and O–H groups in total. The fourth-order valence-electron chi connectivity index (χ4n) is 1.56. The summed E-state index contributed by atoms with van der Waals surface area (Å²) in [5.41, 5.74) is 0. The van der Waals surface area contributed by atoms with Gasteiger partial charge in [-0.15, -0.1) is 0 Å². The molecule has 90 valence electrons. The van der Waals surface area contributed by atoms with Crippen LogP contribution >= 0.6 is 0 Å². The van der Waals surface area contributed by atoms with Gasteiger partial charge in [0.15, 0.2) is 0 Å². The minimum atomic E-state index is -0.602. The van der Waals surface area contributed by atoms with Crippen molar-refractivity contribution >= 4 is 0 Å². The van der Waals surface area contributed by atoms with E-state index >= 15 is 0 Å². The first kappa shape index (κ1) is 12.8. The maximum atomic E-state index is 9.46. The molecule has 1 aliphatic heterocycles. The van der Waals surface area contributed by atoms with Gasteiger partial charge in [-0.1, -0.05) is 0 Å². The van der Waals surface area contributed by atoms with Gasteiger partial charge in [0.25, 0.3) is 0 Å². The van der Waals surface area contributed by atoms with E-state index in [1.807, 2.05) is 0 Å². The Bertz CT molecular complexity index is 160. The molecule has 1 saturated heterocycles. The lowest BCUT2D eigenvalue weighted by Crippen LogP contribution is -2.74. The summed E-state index contributed by atoms with van der Waals surface area (Å²) in [5, 5.41) is 37.4. The van der Waals surface area contributed by atoms with Crippen LogP contribution in [0.4, 0.5) is 0 Å². The molecule has 1 aliphatic rings. The van der Waals surface area contributed by atoms with Gasteiger partial charge in [-0.3, -0.25) is 16.0 Å². The minimum absolute atomic E-state index is 0.342. The molecule has 3 unspecified atom stereocenters. The fraction of sp³-hybridized carbons (Fsp3) is 1.00. The molecule has 0 bridgehead atoms. The van der Waals surface area contributed by atoms with Crippen LogP contribution in [0.1, 0.15) is 20.8 Å². The van der Waals surface area contributed by atoms with Gasteiger partial charge in [0.1, 0.15) is 0 Å². The van der Waals surface area contributed by atoms with Crippen molar-refractivity contribution in [1.29, 1.82) is 0 Å². The zero-order valence-electron chi connectivity index (χ0n) is 9.31. The molecule has 0 aromatic heterocycles. The fourth-order valence-corrected chi connectivity index (χ4v) is 1.56. The number of nitrogens with one attached hydrogen (secondary N) is 3. The average molecular weight is 219 g/mol. The normalized spacial score (nSPS) is 38.4. The predicted molar refractivity (Wildman–Crippen MR) is 55.8 cm³/mol. The highest BCUT2D eigenvalue weighted by molar-refractivity contribution is 4.89. The summed E-state index contributed by atoms with van der Waals surface area (Å²) in [4.78, 5) is 0. The van der Waals surface area contributed by atoms with Crippen LogP contribution in [-0.2, 0) is 0 Å². The first-order valence-electron chi connectivity index (χ1n) is 5.24. The minimum Gasteiger partial charge on any atom is -0.390 e. The molecule has 0 saturated carbocycles. The highest BCUT2D eigenvalue weighted by Gasteiger charge is 2.33. The van der Waals surface area contributed by atoms with Gasteiger partial charge in [-0.2, -0.15) is 0 Å². The molecule has 1 heterocycles. The highest BCUT2D eigenvalue weighted by Crippen LogP contribution is 2.04. The van der Waals surface area contributed by atoms with E-state index < -0.39 is 18.3 Å². The molecule has 0 spiro atoms. The van der Waals surface area contributed by atoms with Gasteiger partial charge in [0.05, 0.1) is 36.8 Å². The van der Waals surface area contributed by atoms with E-state index in [0.717, 1.165) is 0 Å². The molecule has 0 aromatic carbocycles. The predicted octanol–water partition coefficient (Wildman–Crippen LogP) is -2.11. The molecule has 6 heteroatoms. The molecule has 0 radical (unpaired) electrons. The third kappa shape index (κ3) is 3.37. The number of rotatable bonds is 3. The molecule has 0 amide bonds. The summed E-state index contributed by atoms with van der Waals surface area (Å²) in [7, 11) is 0. The molecule has 1 rings (SSSR count). The molecule has 1 fully saturated rings. The van der Waals surface area contributed by atoms with Crippen molar-refractivity contribution in [2.24, 2.45) is 0 Å². The average Bonchev–Trinajstić information content (AvgIpc) is 2.16. The van der Waals surface area contributed by atoms with Crippen molar-refractivity contribution in [2.75, 3.05) is 0 Å². The quantitative estimate of drug-likeness (QED) is 0.325. The van der Waals surface area contributed by atoms with E-state index in [1.165, 1.54) is 0 Å². The maximum absolute atomic E-state index is 9.46. The van der Waals surface area contributed by atoms with Gasteiger partial charge < -0.3 is 15.3 Å². The lowest BCUT2D eigenvalue weighted by atomic mass is 10.1. The van der Waals surface area contributed by atoms with E-state index in [2.05, 4.69) is 16.0 Å². The van der Waals surface area contributed by atoms with Gasteiger partial charge >= 0.3 is 0 Å². The summed E-state index contributed by atoms with van der Waals surface area (Å²) < 4.78 is 0. The van der Waals surface area contributed by atoms with E-state index in [4.69, 9.17) is 0 Å². The molecule has 0 aromatic rings. The molecule has 6 nitrogen and oxygen atoms in total. The number of hydrogen-bond acceptors (Lipinski definition) is 6. The Morgan fingerprint density at radius 3 is 1.00 bits per heavy atom. The van der Waals surface area contributed by atoms with Crippen molar-refractivity contribution in [3.05, 3.63) is 0 Å². The van der Waals surface area contributed by atoms with Gasteiger partial charge in [-0.25, -0.2) is 0 Å². The molecule has 3 atom stereocenters.